The van der Waals surface area contributed by atoms with Gasteiger partial charge >= 0.3 is 0 Å². The number of anilines is 2. The summed E-state index contributed by atoms with van der Waals surface area (Å²) >= 11 is 0. The van der Waals surface area contributed by atoms with Gasteiger partial charge in [-0.1, -0.05) is 12.1 Å². The second-order valence-corrected chi connectivity index (χ2v) is 4.85. The molecule has 4 N–H and O–H groups in total. The van der Waals surface area contributed by atoms with E-state index in [2.05, 4.69) is 10.6 Å². The number of nitrogens with two attached hydrogens (primary N) is 1. The first-order valence-electron chi connectivity index (χ1n) is 5.69. The largest absolute Gasteiger partial charge is 0.397 e. The maximum atomic E-state index is 11.6. The number of nitrogens with one attached hydrogen (secondary N) is 2. The van der Waals surface area contributed by atoms with Crippen molar-refractivity contribution in [3.8, 4) is 0 Å². The molecule has 0 unspecified atom stereocenters. The fourth-order valence-corrected chi connectivity index (χ4v) is 1.57. The van der Waals surface area contributed by atoms with Gasteiger partial charge in [0.05, 0.1) is 16.8 Å². The second-order valence-electron chi connectivity index (χ2n) is 4.85. The number of benzene rings is 1. The Labute approximate surface area is 103 Å². The van der Waals surface area contributed by atoms with Crippen molar-refractivity contribution < 1.29 is 4.79 Å². The molecule has 1 rings (SSSR count). The summed E-state index contributed by atoms with van der Waals surface area (Å²) in [5.41, 5.74) is 8.14. The lowest BCUT2D eigenvalue weighted by atomic mass is 9.92. The molecule has 0 heterocycles. The standard InChI is InChI=1S/C13H21N3O/c1-9-6-5-7-10(11(9)14)16-8-13(2,3)12(17)15-4/h5-7,16H,8,14H2,1-4H3,(H,15,17). The van der Waals surface area contributed by atoms with Crippen LogP contribution in [0.25, 0.3) is 0 Å². The number of rotatable bonds is 4. The number of nitrogen functional groups attached to an aromatic ring is 1. The third-order valence-corrected chi connectivity index (χ3v) is 2.89. The van der Waals surface area contributed by atoms with Crippen molar-refractivity contribution in [3.63, 3.8) is 0 Å². The van der Waals surface area contributed by atoms with Gasteiger partial charge in [0, 0.05) is 13.6 Å². The summed E-state index contributed by atoms with van der Waals surface area (Å²) in [4.78, 5) is 11.6. The summed E-state index contributed by atoms with van der Waals surface area (Å²) in [7, 11) is 1.64. The first-order chi connectivity index (χ1) is 7.88. The Kier molecular flexibility index (Phi) is 3.99. The van der Waals surface area contributed by atoms with Crippen LogP contribution in [-0.4, -0.2) is 19.5 Å². The van der Waals surface area contributed by atoms with Crippen LogP contribution in [-0.2, 0) is 4.79 Å². The summed E-state index contributed by atoms with van der Waals surface area (Å²) in [5, 5.41) is 5.88. The average molecular weight is 235 g/mol. The number of amides is 1. The molecule has 0 saturated carbocycles. The summed E-state index contributed by atoms with van der Waals surface area (Å²) in [6.07, 6.45) is 0. The highest BCUT2D eigenvalue weighted by Crippen LogP contribution is 2.24. The summed E-state index contributed by atoms with van der Waals surface area (Å²) < 4.78 is 0. The second kappa shape index (κ2) is 5.08. The minimum Gasteiger partial charge on any atom is -0.397 e. The summed E-state index contributed by atoms with van der Waals surface area (Å²) in [5.74, 6) is 0.0104. The quantitative estimate of drug-likeness (QED) is 0.697. The fourth-order valence-electron chi connectivity index (χ4n) is 1.57. The van der Waals surface area contributed by atoms with E-state index in [-0.39, 0.29) is 5.91 Å². The molecule has 0 atom stereocenters. The van der Waals surface area contributed by atoms with Gasteiger partial charge in [-0.05, 0) is 32.4 Å². The molecule has 1 aromatic carbocycles. The zero-order chi connectivity index (χ0) is 13.1. The number of hydrogen-bond donors (Lipinski definition) is 3. The molecule has 0 saturated heterocycles. The van der Waals surface area contributed by atoms with Crippen LogP contribution in [0, 0.1) is 12.3 Å². The highest BCUT2D eigenvalue weighted by atomic mass is 16.2. The predicted molar refractivity (Wildman–Crippen MR) is 71.9 cm³/mol. The summed E-state index contributed by atoms with van der Waals surface area (Å²) in [6.45, 7) is 6.29. The Morgan fingerprint density at radius 2 is 2.06 bits per heavy atom. The molecule has 0 aromatic heterocycles. The molecule has 1 aromatic rings. The van der Waals surface area contributed by atoms with E-state index in [0.717, 1.165) is 16.9 Å². The van der Waals surface area contributed by atoms with Gasteiger partial charge in [0.25, 0.3) is 0 Å². The van der Waals surface area contributed by atoms with Crippen LogP contribution in [0.3, 0.4) is 0 Å². The van der Waals surface area contributed by atoms with Crippen LogP contribution in [0.4, 0.5) is 11.4 Å². The zero-order valence-electron chi connectivity index (χ0n) is 10.9. The van der Waals surface area contributed by atoms with E-state index in [1.54, 1.807) is 7.05 Å². The Morgan fingerprint density at radius 3 is 2.65 bits per heavy atom. The highest BCUT2D eigenvalue weighted by Gasteiger charge is 2.26. The van der Waals surface area contributed by atoms with Gasteiger partial charge < -0.3 is 16.4 Å². The van der Waals surface area contributed by atoms with Gasteiger partial charge in [-0.15, -0.1) is 0 Å². The zero-order valence-corrected chi connectivity index (χ0v) is 10.9. The molecule has 0 bridgehead atoms. The molecule has 94 valence electrons. The van der Waals surface area contributed by atoms with E-state index in [0.29, 0.717) is 6.54 Å². The molecule has 0 spiro atoms. The van der Waals surface area contributed by atoms with E-state index < -0.39 is 5.41 Å². The normalized spacial score (nSPS) is 11.1. The fraction of sp³-hybridized carbons (Fsp3) is 0.462. The highest BCUT2D eigenvalue weighted by molar-refractivity contribution is 5.82. The van der Waals surface area contributed by atoms with Crippen molar-refractivity contribution in [2.24, 2.45) is 5.41 Å². The van der Waals surface area contributed by atoms with Crippen LogP contribution >= 0.6 is 0 Å². The van der Waals surface area contributed by atoms with Crippen molar-refractivity contribution in [1.29, 1.82) is 0 Å². The van der Waals surface area contributed by atoms with Crippen LogP contribution in [0.1, 0.15) is 19.4 Å². The van der Waals surface area contributed by atoms with Gasteiger partial charge in [-0.2, -0.15) is 0 Å². The number of carbonyl (C=O) groups is 1. The molecule has 4 heteroatoms. The van der Waals surface area contributed by atoms with Crippen LogP contribution in [0.5, 0.6) is 0 Å². The van der Waals surface area contributed by atoms with Gasteiger partial charge in [0.2, 0.25) is 5.91 Å². The summed E-state index contributed by atoms with van der Waals surface area (Å²) in [6, 6.07) is 5.83. The van der Waals surface area contributed by atoms with Crippen molar-refractivity contribution in [1.82, 2.24) is 5.32 Å². The van der Waals surface area contributed by atoms with E-state index >= 15 is 0 Å². The Balaban J connectivity index is 2.74. The number of para-hydroxylation sites is 1. The Morgan fingerprint density at radius 1 is 1.41 bits per heavy atom. The number of hydrogen-bond acceptors (Lipinski definition) is 3. The van der Waals surface area contributed by atoms with Crippen molar-refractivity contribution in [3.05, 3.63) is 23.8 Å². The molecule has 0 fully saturated rings. The maximum absolute atomic E-state index is 11.6. The predicted octanol–water partition coefficient (Wildman–Crippen LogP) is 1.76. The first kappa shape index (κ1) is 13.4. The lowest BCUT2D eigenvalue weighted by Gasteiger charge is -2.24. The molecule has 0 radical (unpaired) electrons. The molecular weight excluding hydrogens is 214 g/mol. The van der Waals surface area contributed by atoms with Crippen LogP contribution in [0.15, 0.2) is 18.2 Å². The van der Waals surface area contributed by atoms with E-state index in [1.807, 2.05) is 39.0 Å². The van der Waals surface area contributed by atoms with Gasteiger partial charge in [-0.25, -0.2) is 0 Å². The third-order valence-electron chi connectivity index (χ3n) is 2.89. The van der Waals surface area contributed by atoms with Crippen molar-refractivity contribution >= 4 is 17.3 Å². The van der Waals surface area contributed by atoms with Crippen LogP contribution < -0.4 is 16.4 Å². The molecular formula is C13H21N3O. The van der Waals surface area contributed by atoms with Crippen LogP contribution in [0.2, 0.25) is 0 Å². The minimum absolute atomic E-state index is 0.0104. The van der Waals surface area contributed by atoms with Gasteiger partial charge in [0.1, 0.15) is 0 Å². The minimum atomic E-state index is -0.467. The monoisotopic (exact) mass is 235 g/mol. The molecule has 1 amide bonds. The molecule has 4 nitrogen and oxygen atoms in total. The van der Waals surface area contributed by atoms with Gasteiger partial charge in [-0.3, -0.25) is 4.79 Å². The maximum Gasteiger partial charge on any atom is 0.227 e. The molecule has 0 aliphatic rings. The number of carbonyl (C=O) groups excluding carboxylic acids is 1. The van der Waals surface area contributed by atoms with Crippen molar-refractivity contribution in [2.45, 2.75) is 20.8 Å². The molecule has 17 heavy (non-hydrogen) atoms. The smallest absolute Gasteiger partial charge is 0.227 e. The molecule has 0 aliphatic heterocycles. The lowest BCUT2D eigenvalue weighted by molar-refractivity contribution is -0.128. The Bertz CT molecular complexity index is 413. The van der Waals surface area contributed by atoms with E-state index in [4.69, 9.17) is 5.73 Å². The third kappa shape index (κ3) is 3.12. The number of aryl methyl sites for hydroxylation is 1. The lowest BCUT2D eigenvalue weighted by Crippen LogP contribution is -2.39. The SMILES string of the molecule is CNC(=O)C(C)(C)CNc1cccc(C)c1N. The molecule has 0 aliphatic carbocycles. The first-order valence-corrected chi connectivity index (χ1v) is 5.69. The van der Waals surface area contributed by atoms with E-state index in [9.17, 15) is 4.79 Å². The average Bonchev–Trinajstić information content (AvgIpc) is 2.30. The van der Waals surface area contributed by atoms with E-state index in [1.165, 1.54) is 0 Å². The van der Waals surface area contributed by atoms with Gasteiger partial charge in [0.15, 0.2) is 0 Å². The van der Waals surface area contributed by atoms with Crippen molar-refractivity contribution in [2.75, 3.05) is 24.6 Å². The topological polar surface area (TPSA) is 67.2 Å². The Hall–Kier alpha value is -1.71.